The molecule has 3 heterocycles. The molecule has 0 spiro atoms. The van der Waals surface area contributed by atoms with Crippen LogP contribution < -0.4 is 14.8 Å². The van der Waals surface area contributed by atoms with E-state index in [2.05, 4.69) is 63.0 Å². The number of carbonyl (C=O) groups is 1. The number of hydrogen-bond donors (Lipinski definition) is 2. The number of nitrogens with zero attached hydrogens (tertiary/aromatic N) is 2. The summed E-state index contributed by atoms with van der Waals surface area (Å²) in [5.74, 6) is 2.38. The highest BCUT2D eigenvalue weighted by Crippen LogP contribution is 2.47. The third-order valence-corrected chi connectivity index (χ3v) is 9.20. The Morgan fingerprint density at radius 1 is 1.03 bits per heavy atom. The molecule has 0 unspecified atom stereocenters. The smallest absolute Gasteiger partial charge is 0.261 e. The maximum Gasteiger partial charge on any atom is 0.261 e. The lowest BCUT2D eigenvalue weighted by Gasteiger charge is -2.32. The second kappa shape index (κ2) is 11.1. The fourth-order valence-corrected chi connectivity index (χ4v) is 6.95. The number of ether oxygens (including phenoxy) is 1. The first kappa shape index (κ1) is 24.8. The van der Waals surface area contributed by atoms with E-state index in [4.69, 9.17) is 4.74 Å². The van der Waals surface area contributed by atoms with Crippen molar-refractivity contribution in [2.75, 3.05) is 39.0 Å². The Balaban J connectivity index is 1.57. The Labute approximate surface area is 224 Å². The highest BCUT2D eigenvalue weighted by Gasteiger charge is 2.31. The molecular weight excluding hydrogens is 480 g/mol. The van der Waals surface area contributed by atoms with Gasteiger partial charge in [-0.25, -0.2) is 0 Å². The highest BCUT2D eigenvalue weighted by molar-refractivity contribution is 7.97. The van der Waals surface area contributed by atoms with E-state index >= 15 is 0 Å². The molecule has 3 aliphatic rings. The van der Waals surface area contributed by atoms with Crippen LogP contribution in [0.1, 0.15) is 60.4 Å². The Bertz CT molecular complexity index is 1270. The summed E-state index contributed by atoms with van der Waals surface area (Å²) in [6.45, 7) is 4.34. The number of carbonyl (C=O) groups excluding carboxylic acids is 1. The van der Waals surface area contributed by atoms with Crippen LogP contribution in [0, 0.1) is 0 Å². The summed E-state index contributed by atoms with van der Waals surface area (Å²) in [4.78, 5) is 15.6. The molecule has 1 amide bonds. The van der Waals surface area contributed by atoms with Crippen LogP contribution in [0.5, 0.6) is 5.75 Å². The largest absolute Gasteiger partial charge is 0.491 e. The predicted octanol–water partition coefficient (Wildman–Crippen LogP) is 5.42. The first-order valence-corrected chi connectivity index (χ1v) is 14.9. The van der Waals surface area contributed by atoms with Crippen molar-refractivity contribution < 1.29 is 9.53 Å². The average molecular weight is 519 g/mol. The predicted molar refractivity (Wildman–Crippen MR) is 153 cm³/mol. The van der Waals surface area contributed by atoms with E-state index < -0.39 is 0 Å². The van der Waals surface area contributed by atoms with Gasteiger partial charge >= 0.3 is 0 Å². The van der Waals surface area contributed by atoms with E-state index in [9.17, 15) is 4.79 Å². The lowest BCUT2D eigenvalue weighted by Crippen LogP contribution is -2.43. The minimum Gasteiger partial charge on any atom is -0.491 e. The van der Waals surface area contributed by atoms with Gasteiger partial charge in [-0.15, -0.1) is 0 Å². The Kier molecular flexibility index (Phi) is 7.45. The first-order valence-electron chi connectivity index (χ1n) is 13.9. The first-order chi connectivity index (χ1) is 18.2. The second-order valence-corrected chi connectivity index (χ2v) is 11.7. The number of aromatic nitrogens is 1. The van der Waals surface area contributed by atoms with Gasteiger partial charge in [0.1, 0.15) is 12.4 Å². The van der Waals surface area contributed by atoms with Crippen LogP contribution in [-0.4, -0.2) is 60.5 Å². The third-order valence-electron chi connectivity index (χ3n) is 8.38. The Morgan fingerprint density at radius 3 is 2.78 bits per heavy atom. The van der Waals surface area contributed by atoms with Crippen molar-refractivity contribution in [3.8, 4) is 17.0 Å². The van der Waals surface area contributed by atoms with Crippen LogP contribution in [0.25, 0.3) is 22.2 Å². The van der Waals surface area contributed by atoms with Crippen LogP contribution in [0.3, 0.4) is 0 Å². The van der Waals surface area contributed by atoms with E-state index in [0.29, 0.717) is 12.5 Å². The fourth-order valence-electron chi connectivity index (χ4n) is 6.31. The molecule has 2 aliphatic heterocycles. The van der Waals surface area contributed by atoms with Crippen molar-refractivity contribution >= 4 is 28.8 Å². The van der Waals surface area contributed by atoms with E-state index in [0.717, 1.165) is 49.7 Å². The molecule has 7 heteroatoms. The molecule has 196 valence electrons. The summed E-state index contributed by atoms with van der Waals surface area (Å²) >= 11 is 1.51. The molecule has 1 aliphatic carbocycles. The number of likely N-dealkylation sites (N-methyl/N-ethyl adjacent to an activating group) is 1. The van der Waals surface area contributed by atoms with Gasteiger partial charge in [-0.05, 0) is 68.6 Å². The average Bonchev–Trinajstić information content (AvgIpc) is 3.23. The van der Waals surface area contributed by atoms with E-state index in [-0.39, 0.29) is 11.9 Å². The van der Waals surface area contributed by atoms with Gasteiger partial charge in [-0.1, -0.05) is 49.4 Å². The molecule has 2 N–H and O–H groups in total. The zero-order valence-corrected chi connectivity index (χ0v) is 22.6. The molecule has 6 nitrogen and oxygen atoms in total. The van der Waals surface area contributed by atoms with Crippen LogP contribution in [0.4, 0.5) is 0 Å². The maximum atomic E-state index is 13.1. The molecule has 37 heavy (non-hydrogen) atoms. The number of para-hydroxylation sites is 1. The van der Waals surface area contributed by atoms with Gasteiger partial charge in [-0.2, -0.15) is 0 Å². The van der Waals surface area contributed by atoms with Gasteiger partial charge in [0.15, 0.2) is 0 Å². The summed E-state index contributed by atoms with van der Waals surface area (Å²) in [5.41, 5.74) is 5.83. The number of hydrogen-bond acceptors (Lipinski definition) is 5. The molecule has 0 radical (unpaired) electrons. The Morgan fingerprint density at radius 2 is 1.89 bits per heavy atom. The van der Waals surface area contributed by atoms with Crippen molar-refractivity contribution in [2.24, 2.45) is 0 Å². The van der Waals surface area contributed by atoms with Crippen molar-refractivity contribution in [3.63, 3.8) is 0 Å². The van der Waals surface area contributed by atoms with Gasteiger partial charge in [-0.3, -0.25) is 14.4 Å². The molecule has 2 aromatic carbocycles. The number of benzene rings is 2. The fraction of sp³-hybridized carbons (Fsp3) is 0.500. The van der Waals surface area contributed by atoms with Gasteiger partial charge in [0.25, 0.3) is 5.91 Å². The summed E-state index contributed by atoms with van der Waals surface area (Å²) in [5, 5.41) is 4.87. The molecule has 1 fully saturated rings. The molecule has 1 aromatic heterocycles. The van der Waals surface area contributed by atoms with Crippen LogP contribution in [0.2, 0.25) is 0 Å². The molecule has 0 saturated heterocycles. The van der Waals surface area contributed by atoms with Crippen molar-refractivity contribution in [3.05, 3.63) is 53.6 Å². The van der Waals surface area contributed by atoms with Crippen LogP contribution >= 0.6 is 11.9 Å². The molecular formula is C30H38N4O2S. The number of nitrogens with one attached hydrogen (secondary N) is 2. The van der Waals surface area contributed by atoms with Crippen molar-refractivity contribution in [2.45, 2.75) is 57.0 Å². The molecule has 3 aromatic rings. The Hall–Kier alpha value is -2.48. The van der Waals surface area contributed by atoms with E-state index in [1.54, 1.807) is 0 Å². The molecule has 4 bridgehead atoms. The van der Waals surface area contributed by atoms with Gasteiger partial charge in [0.2, 0.25) is 0 Å². The summed E-state index contributed by atoms with van der Waals surface area (Å²) < 4.78 is 12.1. The number of rotatable bonds is 1. The van der Waals surface area contributed by atoms with E-state index in [1.165, 1.54) is 71.8 Å². The van der Waals surface area contributed by atoms with Crippen molar-refractivity contribution in [1.82, 2.24) is 19.5 Å². The van der Waals surface area contributed by atoms with Gasteiger partial charge in [0, 0.05) is 47.4 Å². The summed E-state index contributed by atoms with van der Waals surface area (Å²) in [7, 11) is 2.22. The highest BCUT2D eigenvalue weighted by atomic mass is 32.2. The summed E-state index contributed by atoms with van der Waals surface area (Å²) in [6.07, 6.45) is 7.36. The third kappa shape index (κ3) is 5.01. The quantitative estimate of drug-likeness (QED) is 0.421. The SMILES string of the molecule is CN1CCNCCCSNC(=O)c2ccc3c(C4CCCCC4)c4n(c3c2)C[C@@H]1COc1ccccc1-4. The normalized spacial score (nSPS) is 22.3. The topological polar surface area (TPSA) is 58.5 Å². The zero-order chi connectivity index (χ0) is 25.2. The minimum absolute atomic E-state index is 0.00929. The zero-order valence-electron chi connectivity index (χ0n) is 21.8. The van der Waals surface area contributed by atoms with Crippen LogP contribution in [-0.2, 0) is 6.54 Å². The lowest BCUT2D eigenvalue weighted by atomic mass is 9.81. The van der Waals surface area contributed by atoms with E-state index in [1.807, 2.05) is 6.07 Å². The minimum atomic E-state index is -0.00929. The van der Waals surface area contributed by atoms with Gasteiger partial charge < -0.3 is 14.6 Å². The van der Waals surface area contributed by atoms with Gasteiger partial charge in [0.05, 0.1) is 11.7 Å². The second-order valence-electron chi connectivity index (χ2n) is 10.8. The monoisotopic (exact) mass is 518 g/mol. The summed E-state index contributed by atoms with van der Waals surface area (Å²) in [6, 6.07) is 15.1. The van der Waals surface area contributed by atoms with Crippen molar-refractivity contribution in [1.29, 1.82) is 0 Å². The molecule has 6 rings (SSSR count). The maximum absolute atomic E-state index is 13.1. The van der Waals surface area contributed by atoms with Crippen LogP contribution in [0.15, 0.2) is 42.5 Å². The molecule has 1 saturated carbocycles. The number of amides is 1. The standard InChI is InChI=1S/C30H38N4O2S/c1-33-16-15-31-14-7-17-37-32-30(35)22-12-13-24-26(18-22)34-19-23(33)20-36-27-11-6-5-10-25(27)29(34)28(24)21-8-3-2-4-9-21/h5-6,10-13,18,21,23,31H,2-4,7-9,14-17,19-20H2,1H3,(H,32,35)/t23-/m1/s1. The number of fused-ring (bicyclic) bond motifs is 4. The lowest BCUT2D eigenvalue weighted by molar-refractivity contribution is 0.0984. The molecule has 1 atom stereocenters.